The molecule has 0 amide bonds. The number of rotatable bonds is 5. The lowest BCUT2D eigenvalue weighted by Gasteiger charge is -2.08. The fourth-order valence-corrected chi connectivity index (χ4v) is 2.49. The van der Waals surface area contributed by atoms with Gasteiger partial charge in [-0.25, -0.2) is 0 Å². The molecule has 0 saturated heterocycles. The first-order valence-corrected chi connectivity index (χ1v) is 6.97. The zero-order valence-corrected chi connectivity index (χ0v) is 11.8. The van der Waals surface area contributed by atoms with Gasteiger partial charge in [-0.1, -0.05) is 24.3 Å². The molecule has 4 heteroatoms. The molecule has 0 atom stereocenters. The van der Waals surface area contributed by atoms with Crippen LogP contribution in [-0.4, -0.2) is 18.8 Å². The van der Waals surface area contributed by atoms with Crippen LogP contribution in [0.4, 0.5) is 0 Å². The number of benzene rings is 2. The molecule has 0 radical (unpaired) electrons. The van der Waals surface area contributed by atoms with Gasteiger partial charge in [0.25, 0.3) is 0 Å². The molecule has 2 aromatic rings. The van der Waals surface area contributed by atoms with Crippen molar-refractivity contribution in [1.82, 2.24) is 0 Å². The summed E-state index contributed by atoms with van der Waals surface area (Å²) < 4.78 is 10.1. The monoisotopic (exact) mass is 276 g/mol. The van der Waals surface area contributed by atoms with Crippen molar-refractivity contribution in [1.29, 1.82) is 0 Å². The van der Waals surface area contributed by atoms with Crippen LogP contribution in [0.1, 0.15) is 12.5 Å². The predicted molar refractivity (Wildman–Crippen MR) is 78.4 cm³/mol. The number of carbonyl (C=O) groups excluding carboxylic acids is 1. The highest BCUT2D eigenvalue weighted by atomic mass is 32.2. The Morgan fingerprint density at radius 2 is 2.11 bits per heavy atom. The Kier molecular flexibility index (Phi) is 4.68. The van der Waals surface area contributed by atoms with Crippen LogP contribution in [0, 0.1) is 0 Å². The van der Waals surface area contributed by atoms with Crippen LogP contribution >= 0.6 is 12.0 Å². The number of hydrogen-bond donors (Lipinski definition) is 0. The van der Waals surface area contributed by atoms with Gasteiger partial charge in [0.1, 0.15) is 5.75 Å². The second-order valence-electron chi connectivity index (χ2n) is 4.15. The van der Waals surface area contributed by atoms with Crippen LogP contribution in [0.5, 0.6) is 5.75 Å². The Morgan fingerprint density at radius 1 is 1.26 bits per heavy atom. The Balaban J connectivity index is 2.15. The quantitative estimate of drug-likeness (QED) is 0.617. The normalized spacial score (nSPS) is 10.4. The topological polar surface area (TPSA) is 35.5 Å². The first-order valence-electron chi connectivity index (χ1n) is 6.06. The van der Waals surface area contributed by atoms with Crippen molar-refractivity contribution in [2.24, 2.45) is 0 Å². The van der Waals surface area contributed by atoms with Crippen molar-refractivity contribution in [3.8, 4) is 5.75 Å². The lowest BCUT2D eigenvalue weighted by atomic mass is 10.0. The van der Waals surface area contributed by atoms with Gasteiger partial charge in [-0.3, -0.25) is 4.79 Å². The number of aryl methyl sites for hydroxylation is 1. The SMILES string of the molecule is COc1ccc2cccc(CCSOC(C)=O)c2c1. The Morgan fingerprint density at radius 3 is 2.84 bits per heavy atom. The van der Waals surface area contributed by atoms with E-state index in [9.17, 15) is 4.79 Å². The minimum atomic E-state index is -0.260. The zero-order chi connectivity index (χ0) is 13.7. The summed E-state index contributed by atoms with van der Waals surface area (Å²) in [6.45, 7) is 1.41. The van der Waals surface area contributed by atoms with Crippen molar-refractivity contribution >= 4 is 28.8 Å². The Labute approximate surface area is 117 Å². The first kappa shape index (κ1) is 13.7. The van der Waals surface area contributed by atoms with Crippen LogP contribution in [0.15, 0.2) is 36.4 Å². The average Bonchev–Trinajstić information content (AvgIpc) is 2.43. The molecule has 0 bridgehead atoms. The molecule has 0 fully saturated rings. The molecule has 100 valence electrons. The predicted octanol–water partition coefficient (Wildman–Crippen LogP) is 3.60. The molecule has 0 heterocycles. The van der Waals surface area contributed by atoms with Crippen molar-refractivity contribution in [2.75, 3.05) is 12.9 Å². The summed E-state index contributed by atoms with van der Waals surface area (Å²) >= 11 is 1.19. The molecule has 2 aromatic carbocycles. The van der Waals surface area contributed by atoms with Gasteiger partial charge in [-0.15, -0.1) is 0 Å². The number of carbonyl (C=O) groups is 1. The van der Waals surface area contributed by atoms with Crippen molar-refractivity contribution in [2.45, 2.75) is 13.3 Å². The molecular weight excluding hydrogens is 260 g/mol. The van der Waals surface area contributed by atoms with E-state index in [4.69, 9.17) is 8.92 Å². The van der Waals surface area contributed by atoms with Crippen LogP contribution in [0.2, 0.25) is 0 Å². The van der Waals surface area contributed by atoms with Crippen LogP contribution in [0.25, 0.3) is 10.8 Å². The average molecular weight is 276 g/mol. The summed E-state index contributed by atoms with van der Waals surface area (Å²) in [7, 11) is 1.67. The molecule has 0 aliphatic rings. The van der Waals surface area contributed by atoms with Gasteiger partial charge in [0.2, 0.25) is 0 Å². The van der Waals surface area contributed by atoms with Crippen molar-refractivity contribution < 1.29 is 13.7 Å². The van der Waals surface area contributed by atoms with E-state index in [2.05, 4.69) is 18.2 Å². The van der Waals surface area contributed by atoms with E-state index in [1.54, 1.807) is 7.11 Å². The maximum absolute atomic E-state index is 10.7. The summed E-state index contributed by atoms with van der Waals surface area (Å²) in [5.74, 6) is 1.34. The fourth-order valence-electron chi connectivity index (χ4n) is 1.94. The minimum Gasteiger partial charge on any atom is -0.497 e. The Hall–Kier alpha value is -1.68. The van der Waals surface area contributed by atoms with Gasteiger partial charge >= 0.3 is 5.97 Å². The highest BCUT2D eigenvalue weighted by molar-refractivity contribution is 7.95. The number of fused-ring (bicyclic) bond motifs is 1. The van der Waals surface area contributed by atoms with Crippen molar-refractivity contribution in [3.05, 3.63) is 42.0 Å². The molecule has 0 aromatic heterocycles. The standard InChI is InChI=1S/C15H16O3S/c1-11(16)18-19-9-8-13-5-3-4-12-6-7-14(17-2)10-15(12)13/h3-7,10H,8-9H2,1-2H3. The molecular formula is C15H16O3S. The zero-order valence-electron chi connectivity index (χ0n) is 11.0. The molecule has 19 heavy (non-hydrogen) atoms. The third kappa shape index (κ3) is 3.64. The fraction of sp³-hybridized carbons (Fsp3) is 0.267. The summed E-state index contributed by atoms with van der Waals surface area (Å²) in [6, 6.07) is 12.3. The molecule has 0 saturated carbocycles. The van der Waals surface area contributed by atoms with Gasteiger partial charge in [-0.2, -0.15) is 0 Å². The van der Waals surface area contributed by atoms with E-state index in [0.29, 0.717) is 0 Å². The van der Waals surface area contributed by atoms with Gasteiger partial charge in [-0.05, 0) is 34.9 Å². The molecule has 0 N–H and O–H groups in total. The highest BCUT2D eigenvalue weighted by Gasteiger charge is 2.03. The summed E-state index contributed by atoms with van der Waals surface area (Å²) in [5.41, 5.74) is 1.23. The van der Waals surface area contributed by atoms with Gasteiger partial charge < -0.3 is 8.92 Å². The van der Waals surface area contributed by atoms with Crippen LogP contribution in [0.3, 0.4) is 0 Å². The minimum absolute atomic E-state index is 0.260. The lowest BCUT2D eigenvalue weighted by molar-refractivity contribution is -0.130. The molecule has 2 rings (SSSR count). The maximum Gasteiger partial charge on any atom is 0.314 e. The third-order valence-corrected chi connectivity index (χ3v) is 3.53. The van der Waals surface area contributed by atoms with E-state index in [-0.39, 0.29) is 5.97 Å². The second-order valence-corrected chi connectivity index (χ2v) is 4.96. The van der Waals surface area contributed by atoms with E-state index in [1.165, 1.54) is 35.3 Å². The maximum atomic E-state index is 10.7. The van der Waals surface area contributed by atoms with E-state index < -0.39 is 0 Å². The van der Waals surface area contributed by atoms with Gasteiger partial charge in [0.05, 0.1) is 19.2 Å². The van der Waals surface area contributed by atoms with E-state index in [1.807, 2.05) is 18.2 Å². The molecule has 0 aliphatic heterocycles. The van der Waals surface area contributed by atoms with Crippen LogP contribution in [-0.2, 0) is 15.4 Å². The largest absolute Gasteiger partial charge is 0.497 e. The van der Waals surface area contributed by atoms with Gasteiger partial charge in [0.15, 0.2) is 0 Å². The lowest BCUT2D eigenvalue weighted by Crippen LogP contribution is -1.95. The third-order valence-electron chi connectivity index (χ3n) is 2.81. The first-order chi connectivity index (χ1) is 9.20. The molecule has 0 aliphatic carbocycles. The summed E-state index contributed by atoms with van der Waals surface area (Å²) in [6.07, 6.45) is 0.850. The molecule has 3 nitrogen and oxygen atoms in total. The number of methoxy groups -OCH3 is 1. The van der Waals surface area contributed by atoms with Crippen molar-refractivity contribution in [3.63, 3.8) is 0 Å². The Bertz CT molecular complexity index is 581. The smallest absolute Gasteiger partial charge is 0.314 e. The molecule has 0 spiro atoms. The second kappa shape index (κ2) is 6.48. The van der Waals surface area contributed by atoms with E-state index >= 15 is 0 Å². The number of ether oxygens (including phenoxy) is 1. The summed E-state index contributed by atoms with van der Waals surface area (Å²) in [5, 5.41) is 2.38. The summed E-state index contributed by atoms with van der Waals surface area (Å²) in [4.78, 5) is 10.7. The number of hydrogen-bond acceptors (Lipinski definition) is 4. The highest BCUT2D eigenvalue weighted by Crippen LogP contribution is 2.25. The van der Waals surface area contributed by atoms with Gasteiger partial charge in [0, 0.05) is 12.7 Å². The molecule has 0 unspecified atom stereocenters. The van der Waals surface area contributed by atoms with Crippen LogP contribution < -0.4 is 4.74 Å². The van der Waals surface area contributed by atoms with E-state index in [0.717, 1.165) is 17.9 Å².